The molecule has 0 radical (unpaired) electrons. The van der Waals surface area contributed by atoms with Crippen LogP contribution < -0.4 is 28.3 Å². The highest BCUT2D eigenvalue weighted by Gasteiger charge is 2.23. The molecule has 0 spiro atoms. The lowest BCUT2D eigenvalue weighted by Gasteiger charge is -2.17. The maximum Gasteiger partial charge on any atom is 0.328 e. The summed E-state index contributed by atoms with van der Waals surface area (Å²) in [6.07, 6.45) is 0.146. The highest BCUT2D eigenvalue weighted by Crippen LogP contribution is 2.24. The molecule has 10 N–H and O–H groups in total. The zero-order valence-electron chi connectivity index (χ0n) is 16.2. The van der Waals surface area contributed by atoms with Crippen LogP contribution in [0.2, 0.25) is 0 Å². The summed E-state index contributed by atoms with van der Waals surface area (Å²) >= 11 is 0. The van der Waals surface area contributed by atoms with E-state index in [9.17, 15) is 14.7 Å². The maximum absolute atomic E-state index is 12.8. The summed E-state index contributed by atoms with van der Waals surface area (Å²) < 4.78 is 4.78. The number of methoxy groups -OCH3 is 1. The Labute approximate surface area is 172 Å². The quantitative estimate of drug-likeness (QED) is 0.202. The molecule has 0 heterocycles. The topological polar surface area (TPSA) is 204 Å². The van der Waals surface area contributed by atoms with Gasteiger partial charge in [-0.1, -0.05) is 12.1 Å². The summed E-state index contributed by atoms with van der Waals surface area (Å²) in [5.41, 5.74) is 22.9. The van der Waals surface area contributed by atoms with Gasteiger partial charge in [0.2, 0.25) is 0 Å². The molecule has 0 saturated heterocycles. The fraction of sp³-hybridized carbons (Fsp3) is 0.158. The summed E-state index contributed by atoms with van der Waals surface area (Å²) in [4.78, 5) is 32.8. The second-order valence-electron chi connectivity index (χ2n) is 6.23. The monoisotopic (exact) mass is 413 g/mol. The molecule has 2 rings (SSSR count). The molecule has 11 nitrogen and oxygen atoms in total. The van der Waals surface area contributed by atoms with Crippen LogP contribution >= 0.6 is 0 Å². The fourth-order valence-corrected chi connectivity index (χ4v) is 2.60. The van der Waals surface area contributed by atoms with Crippen LogP contribution in [0.1, 0.15) is 15.9 Å². The number of benzene rings is 2. The number of nitrogens with two attached hydrogens (primary N) is 4. The number of nitrogens with zero attached hydrogens (tertiary/aromatic N) is 2. The van der Waals surface area contributed by atoms with Crippen molar-refractivity contribution in [2.24, 2.45) is 32.9 Å². The van der Waals surface area contributed by atoms with E-state index in [0.717, 1.165) is 0 Å². The minimum atomic E-state index is -0.981. The summed E-state index contributed by atoms with van der Waals surface area (Å²) in [5.74, 6) is -1.59. The normalized spacial score (nSPS) is 11.1. The Balaban J connectivity index is 2.33. The first-order chi connectivity index (χ1) is 14.2. The average molecular weight is 413 g/mol. The molecule has 0 aliphatic carbocycles. The van der Waals surface area contributed by atoms with Crippen LogP contribution in [0, 0.1) is 0 Å². The molecule has 11 heteroatoms. The third kappa shape index (κ3) is 6.41. The summed E-state index contributed by atoms with van der Waals surface area (Å²) in [6, 6.07) is 9.54. The van der Waals surface area contributed by atoms with Crippen molar-refractivity contribution in [3.63, 3.8) is 0 Å². The lowest BCUT2D eigenvalue weighted by Crippen LogP contribution is -2.43. The molecule has 30 heavy (non-hydrogen) atoms. The van der Waals surface area contributed by atoms with Crippen molar-refractivity contribution in [1.82, 2.24) is 5.32 Å². The number of carbonyl (C=O) groups is 2. The molecule has 0 bridgehead atoms. The van der Waals surface area contributed by atoms with Crippen molar-refractivity contribution in [1.29, 1.82) is 0 Å². The van der Waals surface area contributed by atoms with E-state index in [1.54, 1.807) is 12.1 Å². The van der Waals surface area contributed by atoms with Gasteiger partial charge in [-0.05, 0) is 35.9 Å². The second-order valence-corrected chi connectivity index (χ2v) is 6.23. The Morgan fingerprint density at radius 1 is 1.00 bits per heavy atom. The Kier molecular flexibility index (Phi) is 7.17. The van der Waals surface area contributed by atoms with E-state index in [-0.39, 0.29) is 41.0 Å². The third-order valence-electron chi connectivity index (χ3n) is 3.85. The van der Waals surface area contributed by atoms with Gasteiger partial charge in [-0.3, -0.25) is 4.79 Å². The van der Waals surface area contributed by atoms with Gasteiger partial charge < -0.3 is 38.1 Å². The van der Waals surface area contributed by atoms with Crippen LogP contribution in [0.3, 0.4) is 0 Å². The number of aliphatic imine (C=N–C) groups is 2. The molecule has 0 aliphatic heterocycles. The van der Waals surface area contributed by atoms with E-state index in [4.69, 9.17) is 27.7 Å². The maximum atomic E-state index is 12.8. The van der Waals surface area contributed by atoms with Crippen molar-refractivity contribution < 1.29 is 19.4 Å². The van der Waals surface area contributed by atoms with E-state index in [0.29, 0.717) is 5.56 Å². The number of hydrogen-bond donors (Lipinski definition) is 6. The number of hydrogen-bond acceptors (Lipinski definition) is 6. The van der Waals surface area contributed by atoms with Gasteiger partial charge in [0.15, 0.2) is 11.9 Å². The van der Waals surface area contributed by atoms with Gasteiger partial charge in [0.25, 0.3) is 5.91 Å². The van der Waals surface area contributed by atoms with Crippen molar-refractivity contribution in [2.45, 2.75) is 12.5 Å². The first-order valence-electron chi connectivity index (χ1n) is 8.69. The fourth-order valence-electron chi connectivity index (χ4n) is 2.60. The Hall–Kier alpha value is -4.28. The predicted octanol–water partition coefficient (Wildman–Crippen LogP) is -0.284. The number of amides is 1. The third-order valence-corrected chi connectivity index (χ3v) is 3.85. The van der Waals surface area contributed by atoms with Crippen molar-refractivity contribution in [2.75, 3.05) is 7.11 Å². The number of phenols is 1. The highest BCUT2D eigenvalue weighted by atomic mass is 16.5. The molecule has 1 amide bonds. The summed E-state index contributed by atoms with van der Waals surface area (Å²) in [7, 11) is 1.22. The van der Waals surface area contributed by atoms with Gasteiger partial charge >= 0.3 is 5.97 Å². The lowest BCUT2D eigenvalue weighted by atomic mass is 10.0. The number of rotatable bonds is 7. The van der Waals surface area contributed by atoms with Gasteiger partial charge in [0.05, 0.1) is 18.5 Å². The van der Waals surface area contributed by atoms with Crippen molar-refractivity contribution in [3.05, 3.63) is 53.6 Å². The number of aromatic hydroxyl groups is 1. The number of ether oxygens (including phenoxy) is 1. The van der Waals surface area contributed by atoms with Gasteiger partial charge in [0.1, 0.15) is 11.8 Å². The van der Waals surface area contributed by atoms with E-state index < -0.39 is 17.9 Å². The first kappa shape index (κ1) is 22.0. The van der Waals surface area contributed by atoms with Gasteiger partial charge in [-0.25, -0.2) is 14.8 Å². The zero-order chi connectivity index (χ0) is 22.3. The Morgan fingerprint density at radius 3 is 2.00 bits per heavy atom. The number of carbonyl (C=O) groups excluding carboxylic acids is 2. The highest BCUT2D eigenvalue weighted by molar-refractivity contribution is 5.99. The molecule has 158 valence electrons. The lowest BCUT2D eigenvalue weighted by molar-refractivity contribution is -0.142. The number of esters is 1. The Morgan fingerprint density at radius 2 is 1.53 bits per heavy atom. The Bertz CT molecular complexity index is 943. The van der Waals surface area contributed by atoms with Crippen molar-refractivity contribution >= 4 is 35.2 Å². The number of phenolic OH excluding ortho intramolecular Hbond substituents is 1. The van der Waals surface area contributed by atoms with Gasteiger partial charge in [-0.2, -0.15) is 0 Å². The van der Waals surface area contributed by atoms with Crippen LogP contribution in [0.15, 0.2) is 52.4 Å². The van der Waals surface area contributed by atoms with E-state index >= 15 is 0 Å². The predicted molar refractivity (Wildman–Crippen MR) is 112 cm³/mol. The minimum absolute atomic E-state index is 0.0845. The smallest absolute Gasteiger partial charge is 0.328 e. The number of nitrogens with one attached hydrogen (secondary N) is 1. The molecule has 1 atom stereocenters. The molecule has 0 unspecified atom stereocenters. The van der Waals surface area contributed by atoms with Crippen LogP contribution in [0.5, 0.6) is 5.75 Å². The number of guanidine groups is 2. The molecule has 0 fully saturated rings. The molecule has 0 aliphatic rings. The molecule has 2 aromatic rings. The van der Waals surface area contributed by atoms with E-state index in [2.05, 4.69) is 15.3 Å². The molecular formula is C19H23N7O4. The van der Waals surface area contributed by atoms with Gasteiger partial charge in [0, 0.05) is 12.0 Å². The van der Waals surface area contributed by atoms with Gasteiger partial charge in [-0.15, -0.1) is 0 Å². The van der Waals surface area contributed by atoms with Crippen LogP contribution in [0.25, 0.3) is 0 Å². The molecule has 0 aromatic heterocycles. The van der Waals surface area contributed by atoms with Crippen LogP contribution in [-0.2, 0) is 16.0 Å². The summed E-state index contributed by atoms with van der Waals surface area (Å²) in [6.45, 7) is 0. The van der Waals surface area contributed by atoms with E-state index in [1.165, 1.54) is 37.4 Å². The first-order valence-corrected chi connectivity index (χ1v) is 8.69. The molecule has 2 aromatic carbocycles. The standard InChI is InChI=1S/C19H23N7O4/c1-30-17(29)15(6-10-2-4-14(27)5-3-10)26-16(28)11-7-12(24-18(20)21)9-13(8-11)25-19(22)23/h2-5,7-9,15,27H,6H2,1H3,(H,26,28)(H4,20,21,24)(H4,22,23,25)/t15-/m0/s1. The minimum Gasteiger partial charge on any atom is -0.508 e. The van der Waals surface area contributed by atoms with Crippen LogP contribution in [0.4, 0.5) is 11.4 Å². The zero-order valence-corrected chi connectivity index (χ0v) is 16.2. The van der Waals surface area contributed by atoms with E-state index in [1.807, 2.05) is 0 Å². The SMILES string of the molecule is COC(=O)[C@H](Cc1ccc(O)cc1)NC(=O)c1cc(N=C(N)N)cc(N=C(N)N)c1. The average Bonchev–Trinajstić information content (AvgIpc) is 2.67. The summed E-state index contributed by atoms with van der Waals surface area (Å²) in [5, 5.41) is 12.0. The molecular weight excluding hydrogens is 390 g/mol. The van der Waals surface area contributed by atoms with Crippen molar-refractivity contribution in [3.8, 4) is 5.75 Å². The molecule has 0 saturated carbocycles. The largest absolute Gasteiger partial charge is 0.508 e. The second kappa shape index (κ2) is 9.78. The van der Waals surface area contributed by atoms with Crippen LogP contribution in [-0.4, -0.2) is 42.1 Å².